The molecule has 0 aromatic carbocycles. The molecule has 0 amide bonds. The van der Waals surface area contributed by atoms with Crippen molar-refractivity contribution in [3.63, 3.8) is 0 Å². The van der Waals surface area contributed by atoms with E-state index in [4.69, 9.17) is 16.7 Å². The SMILES string of the molecule is O/C=C\Cl. The lowest BCUT2D eigenvalue weighted by Crippen LogP contribution is -1.32. The lowest BCUT2D eigenvalue weighted by Gasteiger charge is -1.51. The highest BCUT2D eigenvalue weighted by Gasteiger charge is 1.38. The number of aliphatic hydroxyl groups is 1. The summed E-state index contributed by atoms with van der Waals surface area (Å²) in [5.41, 5.74) is 1.03. The molecule has 0 saturated carbocycles. The van der Waals surface area contributed by atoms with Gasteiger partial charge in [-0.05, 0) is 0 Å². The minimum Gasteiger partial charge on any atom is -0.515 e. The van der Waals surface area contributed by atoms with Gasteiger partial charge in [-0.15, -0.1) is 0 Å². The van der Waals surface area contributed by atoms with Crippen LogP contribution in [0.3, 0.4) is 0 Å². The third-order valence-electron chi connectivity index (χ3n) is 0.0563. The Morgan fingerprint density at radius 3 is 2.00 bits per heavy atom. The predicted octanol–water partition coefficient (Wildman–Crippen LogP) is 1.25. The van der Waals surface area contributed by atoms with E-state index in [0.717, 1.165) is 11.8 Å². The second-order valence-corrected chi connectivity index (χ2v) is 0.527. The number of hydrogen-bond donors (Lipinski definition) is 1. The topological polar surface area (TPSA) is 20.2 Å². The number of halogens is 1. The normalized spacial score (nSPS) is 9.25. The van der Waals surface area contributed by atoms with E-state index in [-0.39, 0.29) is 0 Å². The molecule has 0 aliphatic rings. The number of aliphatic hydroxyl groups excluding tert-OH is 1. The third kappa shape index (κ3) is 1.83. The van der Waals surface area contributed by atoms with Gasteiger partial charge in [-0.25, -0.2) is 0 Å². The van der Waals surface area contributed by atoms with Gasteiger partial charge in [0, 0.05) is 5.54 Å². The van der Waals surface area contributed by atoms with Crippen LogP contribution >= 0.6 is 11.6 Å². The average Bonchev–Trinajstić information content (AvgIpc) is 1.37. The van der Waals surface area contributed by atoms with Gasteiger partial charge in [0.25, 0.3) is 0 Å². The molecule has 0 saturated heterocycles. The minimum atomic E-state index is 0.765. The lowest BCUT2D eigenvalue weighted by atomic mass is 11.2. The van der Waals surface area contributed by atoms with Crippen molar-refractivity contribution in [1.82, 2.24) is 0 Å². The highest BCUT2D eigenvalue weighted by atomic mass is 35.5. The van der Waals surface area contributed by atoms with Gasteiger partial charge in [-0.1, -0.05) is 11.6 Å². The van der Waals surface area contributed by atoms with Crippen molar-refractivity contribution >= 4 is 11.6 Å². The summed E-state index contributed by atoms with van der Waals surface area (Å²) < 4.78 is 0. The van der Waals surface area contributed by atoms with Gasteiger partial charge in [0.2, 0.25) is 0 Å². The summed E-state index contributed by atoms with van der Waals surface area (Å²) in [4.78, 5) is 0. The minimum absolute atomic E-state index is 0.765. The van der Waals surface area contributed by atoms with Crippen LogP contribution < -0.4 is 0 Å². The molecule has 0 bridgehead atoms. The van der Waals surface area contributed by atoms with Gasteiger partial charge in [-0.2, -0.15) is 0 Å². The molecule has 0 radical (unpaired) electrons. The van der Waals surface area contributed by atoms with Crippen molar-refractivity contribution in [1.29, 1.82) is 0 Å². The van der Waals surface area contributed by atoms with Crippen LogP contribution in [0.1, 0.15) is 0 Å². The van der Waals surface area contributed by atoms with Gasteiger partial charge < -0.3 is 5.11 Å². The molecule has 1 nitrogen and oxygen atoms in total. The number of hydrogen-bond acceptors (Lipinski definition) is 1. The van der Waals surface area contributed by atoms with E-state index in [2.05, 4.69) is 0 Å². The Morgan fingerprint density at radius 2 is 2.00 bits per heavy atom. The first-order chi connectivity index (χ1) is 1.91. The highest BCUT2D eigenvalue weighted by Crippen LogP contribution is 1.67. The van der Waals surface area contributed by atoms with Gasteiger partial charge in [-0.3, -0.25) is 0 Å². The molecule has 0 atom stereocenters. The molecule has 4 heavy (non-hydrogen) atoms. The van der Waals surface area contributed by atoms with Crippen molar-refractivity contribution in [3.05, 3.63) is 11.8 Å². The summed E-state index contributed by atoms with van der Waals surface area (Å²) in [6, 6.07) is 0. The first kappa shape index (κ1) is 3.83. The van der Waals surface area contributed by atoms with Crippen LogP contribution in [0.4, 0.5) is 0 Å². The first-order valence-corrected chi connectivity index (χ1v) is 1.25. The molecule has 1 N–H and O–H groups in total. The second kappa shape index (κ2) is 2.83. The molecule has 0 unspecified atom stereocenters. The van der Waals surface area contributed by atoms with Crippen molar-refractivity contribution in [2.24, 2.45) is 0 Å². The first-order valence-electron chi connectivity index (χ1n) is 0.810. The summed E-state index contributed by atoms with van der Waals surface area (Å²) >= 11 is 4.76. The van der Waals surface area contributed by atoms with Crippen LogP contribution in [-0.2, 0) is 0 Å². The summed E-state index contributed by atoms with van der Waals surface area (Å²) in [5.74, 6) is 0. The molecule has 0 aliphatic heterocycles. The molecule has 0 aromatic heterocycles. The van der Waals surface area contributed by atoms with Crippen LogP contribution in [0.2, 0.25) is 0 Å². The molecular weight excluding hydrogens is 75.5 g/mol. The quantitative estimate of drug-likeness (QED) is 0.433. The summed E-state index contributed by atoms with van der Waals surface area (Å²) in [6.07, 6.45) is 0.765. The van der Waals surface area contributed by atoms with Crippen molar-refractivity contribution in [2.75, 3.05) is 0 Å². The molecule has 24 valence electrons. The molecule has 0 rings (SSSR count). The molecular formula is C2H3ClO. The molecule has 2 heteroatoms. The lowest BCUT2D eigenvalue weighted by molar-refractivity contribution is 0.475. The maximum absolute atomic E-state index is 7.56. The Balaban J connectivity index is 2.55. The zero-order valence-electron chi connectivity index (χ0n) is 1.98. The predicted molar refractivity (Wildman–Crippen MR) is 17.6 cm³/mol. The standard InChI is InChI=1S/C2H3ClO/c3-1-2-4/h1-2,4H/b2-1-. The molecule has 0 aromatic rings. The zero-order valence-corrected chi connectivity index (χ0v) is 2.74. The summed E-state index contributed by atoms with van der Waals surface area (Å²) in [6.45, 7) is 0. The molecule has 0 heterocycles. The molecule has 0 spiro atoms. The fourth-order valence-corrected chi connectivity index (χ4v) is 0. The van der Waals surface area contributed by atoms with Crippen molar-refractivity contribution in [3.8, 4) is 0 Å². The monoisotopic (exact) mass is 78.0 g/mol. The Morgan fingerprint density at radius 1 is 1.75 bits per heavy atom. The van der Waals surface area contributed by atoms with Crippen LogP contribution in [-0.4, -0.2) is 5.11 Å². The maximum atomic E-state index is 7.56. The van der Waals surface area contributed by atoms with E-state index in [1.54, 1.807) is 0 Å². The fourth-order valence-electron chi connectivity index (χ4n) is 0. The van der Waals surface area contributed by atoms with Crippen LogP contribution in [0.25, 0.3) is 0 Å². The average molecular weight is 78.5 g/mol. The Kier molecular flexibility index (Phi) is 2.71. The van der Waals surface area contributed by atoms with E-state index in [0.29, 0.717) is 0 Å². The van der Waals surface area contributed by atoms with E-state index in [9.17, 15) is 0 Å². The summed E-state index contributed by atoms with van der Waals surface area (Å²) in [7, 11) is 0. The Bertz CT molecular complexity index is 21.2. The molecule has 0 aliphatic carbocycles. The van der Waals surface area contributed by atoms with Gasteiger partial charge in [0.05, 0.1) is 6.26 Å². The summed E-state index contributed by atoms with van der Waals surface area (Å²) in [5, 5.41) is 7.56. The van der Waals surface area contributed by atoms with E-state index in [1.807, 2.05) is 0 Å². The third-order valence-corrected chi connectivity index (χ3v) is 0.169. The van der Waals surface area contributed by atoms with Crippen LogP contribution in [0.5, 0.6) is 0 Å². The van der Waals surface area contributed by atoms with Crippen molar-refractivity contribution in [2.45, 2.75) is 0 Å². The smallest absolute Gasteiger partial charge is 0.0904 e. The van der Waals surface area contributed by atoms with Gasteiger partial charge >= 0.3 is 0 Å². The fraction of sp³-hybridized carbons (Fsp3) is 0. The van der Waals surface area contributed by atoms with Crippen LogP contribution in [0, 0.1) is 0 Å². The zero-order chi connectivity index (χ0) is 3.41. The van der Waals surface area contributed by atoms with E-state index >= 15 is 0 Å². The number of rotatable bonds is 0. The van der Waals surface area contributed by atoms with Crippen LogP contribution in [0.15, 0.2) is 11.8 Å². The Labute approximate surface area is 29.5 Å². The maximum Gasteiger partial charge on any atom is 0.0904 e. The molecule has 0 fully saturated rings. The largest absolute Gasteiger partial charge is 0.515 e. The van der Waals surface area contributed by atoms with Gasteiger partial charge in [0.1, 0.15) is 0 Å². The highest BCUT2D eigenvalue weighted by molar-refractivity contribution is 6.25. The van der Waals surface area contributed by atoms with E-state index in [1.165, 1.54) is 0 Å². The van der Waals surface area contributed by atoms with Gasteiger partial charge in [0.15, 0.2) is 0 Å². The van der Waals surface area contributed by atoms with Crippen molar-refractivity contribution < 1.29 is 5.11 Å². The van der Waals surface area contributed by atoms with E-state index < -0.39 is 0 Å². The Hall–Kier alpha value is -0.170. The second-order valence-electron chi connectivity index (χ2n) is 0.275.